The second-order valence-electron chi connectivity index (χ2n) is 10.1. The first kappa shape index (κ1) is 34.2. The van der Waals surface area contributed by atoms with Crippen LogP contribution in [0.3, 0.4) is 0 Å². The number of allylic oxidation sites excluding steroid dienone is 2. The Kier molecular flexibility index (Phi) is 20.9. The Balaban J connectivity index is 3.83. The maximum absolute atomic E-state index is 12.0. The summed E-state index contributed by atoms with van der Waals surface area (Å²) in [7, 11) is 1.65. The highest BCUT2D eigenvalue weighted by atomic mass is 31.2. The molecule has 0 aliphatic carbocycles. The number of quaternary nitrogens is 1. The number of phosphoric ester groups is 1. The molecular formula is C26H53NO7P+. The fraction of sp³-hybridized carbons (Fsp3) is 0.885. The maximum atomic E-state index is 12.0. The van der Waals surface area contributed by atoms with E-state index >= 15 is 0 Å². The summed E-state index contributed by atoms with van der Waals surface area (Å²) in [6.45, 7) is 4.57. The highest BCUT2D eigenvalue weighted by Gasteiger charge is 2.25. The van der Waals surface area contributed by atoms with E-state index in [1.165, 1.54) is 71.1 Å². The molecule has 0 bridgehead atoms. The molecule has 0 heterocycles. The van der Waals surface area contributed by atoms with Crippen molar-refractivity contribution in [1.82, 2.24) is 0 Å². The fourth-order valence-corrected chi connectivity index (χ4v) is 4.05. The van der Waals surface area contributed by atoms with Crippen molar-refractivity contribution in [2.24, 2.45) is 0 Å². The van der Waals surface area contributed by atoms with Crippen LogP contribution in [0.15, 0.2) is 12.2 Å². The van der Waals surface area contributed by atoms with Crippen molar-refractivity contribution >= 4 is 13.8 Å². The summed E-state index contributed by atoms with van der Waals surface area (Å²) in [5.41, 5.74) is 0. The lowest BCUT2D eigenvalue weighted by molar-refractivity contribution is -0.870. The van der Waals surface area contributed by atoms with E-state index in [9.17, 15) is 14.3 Å². The molecular weight excluding hydrogens is 469 g/mol. The molecule has 0 rings (SSSR count). The zero-order valence-electron chi connectivity index (χ0n) is 23.0. The molecule has 0 radical (unpaired) electrons. The van der Waals surface area contributed by atoms with E-state index < -0.39 is 19.9 Å². The highest BCUT2D eigenvalue weighted by Crippen LogP contribution is 2.43. The van der Waals surface area contributed by atoms with Gasteiger partial charge in [-0.3, -0.25) is 13.8 Å². The monoisotopic (exact) mass is 522 g/mol. The molecule has 0 spiro atoms. The van der Waals surface area contributed by atoms with Crippen LogP contribution in [0.5, 0.6) is 0 Å². The predicted molar refractivity (Wildman–Crippen MR) is 141 cm³/mol. The minimum absolute atomic E-state index is 0.0852. The van der Waals surface area contributed by atoms with Gasteiger partial charge in [-0.2, -0.15) is 0 Å². The second kappa shape index (κ2) is 21.3. The quantitative estimate of drug-likeness (QED) is 0.0544. The number of likely N-dealkylation sites (N-methyl/N-ethyl adjacent to an activating group) is 1. The summed E-state index contributed by atoms with van der Waals surface area (Å²) in [6.07, 6.45) is 18.5. The van der Waals surface area contributed by atoms with Gasteiger partial charge in [-0.15, -0.1) is 0 Å². The van der Waals surface area contributed by atoms with Crippen LogP contribution in [-0.4, -0.2) is 75.6 Å². The van der Waals surface area contributed by atoms with Gasteiger partial charge in [0.25, 0.3) is 0 Å². The summed E-state index contributed by atoms with van der Waals surface area (Å²) in [4.78, 5) is 21.2. The van der Waals surface area contributed by atoms with Gasteiger partial charge in [0, 0.05) is 13.5 Å². The lowest BCUT2D eigenvalue weighted by Crippen LogP contribution is -2.37. The number of phosphoric acid groups is 1. The summed E-state index contributed by atoms with van der Waals surface area (Å²) in [5.74, 6) is -0.493. The van der Waals surface area contributed by atoms with Crippen molar-refractivity contribution in [1.29, 1.82) is 0 Å². The van der Waals surface area contributed by atoms with E-state index in [4.69, 9.17) is 18.5 Å². The molecule has 35 heavy (non-hydrogen) atoms. The van der Waals surface area contributed by atoms with Crippen molar-refractivity contribution in [3.63, 3.8) is 0 Å². The van der Waals surface area contributed by atoms with Crippen LogP contribution < -0.4 is 0 Å². The molecule has 208 valence electrons. The standard InChI is InChI=1S/C26H52NO7P/c1-6-7-8-9-10-11-12-13-14-15-16-17-18-19-21-31-23-26(34-25(2)28)24-33-35(29,30)32-22-20-27(3,4)5/h11-12,26H,6-10,13-24H2,1-5H3/p+1/b12-11-. The Hall–Kier alpha value is -0.760. The van der Waals surface area contributed by atoms with E-state index in [-0.39, 0.29) is 19.8 Å². The zero-order chi connectivity index (χ0) is 26.4. The van der Waals surface area contributed by atoms with Crippen LogP contribution in [0.1, 0.15) is 90.9 Å². The molecule has 1 N–H and O–H groups in total. The molecule has 0 saturated heterocycles. The highest BCUT2D eigenvalue weighted by molar-refractivity contribution is 7.47. The minimum atomic E-state index is -4.21. The third kappa shape index (κ3) is 26.1. The van der Waals surface area contributed by atoms with Crippen LogP contribution in [0.25, 0.3) is 0 Å². The number of hydrogen-bond acceptors (Lipinski definition) is 6. The summed E-state index contributed by atoms with van der Waals surface area (Å²) in [6, 6.07) is 0. The van der Waals surface area contributed by atoms with Crippen molar-refractivity contribution in [3.05, 3.63) is 12.2 Å². The fourth-order valence-electron chi connectivity index (χ4n) is 3.31. The van der Waals surface area contributed by atoms with Gasteiger partial charge in [0.05, 0.1) is 34.4 Å². The van der Waals surface area contributed by atoms with Gasteiger partial charge in [0.2, 0.25) is 0 Å². The molecule has 0 aliphatic heterocycles. The first-order valence-corrected chi connectivity index (χ1v) is 14.9. The van der Waals surface area contributed by atoms with E-state index in [0.717, 1.165) is 12.8 Å². The van der Waals surface area contributed by atoms with Gasteiger partial charge in [0.1, 0.15) is 19.3 Å². The van der Waals surface area contributed by atoms with Gasteiger partial charge < -0.3 is 18.9 Å². The third-order valence-electron chi connectivity index (χ3n) is 5.38. The number of esters is 1. The molecule has 0 aliphatic rings. The predicted octanol–water partition coefficient (Wildman–Crippen LogP) is 6.03. The molecule has 9 heteroatoms. The van der Waals surface area contributed by atoms with E-state index in [0.29, 0.717) is 17.6 Å². The number of hydrogen-bond donors (Lipinski definition) is 1. The Bertz CT molecular complexity index is 593. The molecule has 2 atom stereocenters. The smallest absolute Gasteiger partial charge is 0.458 e. The van der Waals surface area contributed by atoms with Crippen molar-refractivity contribution in [2.75, 3.05) is 54.1 Å². The van der Waals surface area contributed by atoms with Crippen LogP contribution in [0, 0.1) is 0 Å². The van der Waals surface area contributed by atoms with E-state index in [1.54, 1.807) is 0 Å². The van der Waals surface area contributed by atoms with Gasteiger partial charge in [-0.1, -0.05) is 64.0 Å². The third-order valence-corrected chi connectivity index (χ3v) is 6.36. The molecule has 0 aromatic heterocycles. The summed E-state index contributed by atoms with van der Waals surface area (Å²) < 4.78 is 33.4. The number of carbonyl (C=O) groups is 1. The largest absolute Gasteiger partial charge is 0.472 e. The first-order valence-electron chi connectivity index (χ1n) is 13.4. The van der Waals surface area contributed by atoms with Gasteiger partial charge in [-0.05, 0) is 32.1 Å². The number of rotatable bonds is 24. The lowest BCUT2D eigenvalue weighted by Gasteiger charge is -2.24. The number of nitrogens with zero attached hydrogens (tertiary/aromatic N) is 1. The van der Waals surface area contributed by atoms with Crippen LogP contribution >= 0.6 is 7.82 Å². The van der Waals surface area contributed by atoms with Crippen molar-refractivity contribution in [3.8, 4) is 0 Å². The zero-order valence-corrected chi connectivity index (χ0v) is 23.9. The SMILES string of the molecule is CCCCCC/C=C\CCCCCCCCOCC(COP(=O)(O)OCC[N+](C)(C)C)OC(C)=O. The number of ether oxygens (including phenoxy) is 2. The molecule has 2 unspecified atom stereocenters. The normalized spacial score (nSPS) is 14.8. The van der Waals surface area contributed by atoms with E-state index in [1.807, 2.05) is 21.1 Å². The van der Waals surface area contributed by atoms with Crippen molar-refractivity contribution < 1.29 is 37.3 Å². The van der Waals surface area contributed by atoms with Crippen LogP contribution in [-0.2, 0) is 27.9 Å². The van der Waals surface area contributed by atoms with Crippen LogP contribution in [0.4, 0.5) is 0 Å². The van der Waals surface area contributed by atoms with Gasteiger partial charge >= 0.3 is 13.8 Å². The van der Waals surface area contributed by atoms with Gasteiger partial charge in [0.15, 0.2) is 0 Å². The van der Waals surface area contributed by atoms with Gasteiger partial charge in [-0.25, -0.2) is 4.57 Å². The van der Waals surface area contributed by atoms with E-state index in [2.05, 4.69) is 19.1 Å². The summed E-state index contributed by atoms with van der Waals surface area (Å²) in [5, 5.41) is 0. The van der Waals surface area contributed by atoms with Crippen LogP contribution in [0.2, 0.25) is 0 Å². The Morgan fingerprint density at radius 1 is 0.857 bits per heavy atom. The molecule has 0 fully saturated rings. The molecule has 0 saturated carbocycles. The van der Waals surface area contributed by atoms with Crippen molar-refractivity contribution in [2.45, 2.75) is 97.0 Å². The average molecular weight is 523 g/mol. The topological polar surface area (TPSA) is 91.3 Å². The Labute approximate surface area is 214 Å². The second-order valence-corrected chi connectivity index (χ2v) is 11.6. The molecule has 0 amide bonds. The number of carbonyl (C=O) groups excluding carboxylic acids is 1. The molecule has 8 nitrogen and oxygen atoms in total. The minimum Gasteiger partial charge on any atom is -0.458 e. The average Bonchev–Trinajstić information content (AvgIpc) is 2.75. The maximum Gasteiger partial charge on any atom is 0.472 e. The first-order chi connectivity index (χ1) is 16.6. The Morgan fingerprint density at radius 2 is 1.43 bits per heavy atom. The molecule has 0 aromatic carbocycles. The number of unbranched alkanes of at least 4 members (excludes halogenated alkanes) is 10. The Morgan fingerprint density at radius 3 is 2.00 bits per heavy atom. The molecule has 0 aromatic rings. The lowest BCUT2D eigenvalue weighted by atomic mass is 10.1. The summed E-state index contributed by atoms with van der Waals surface area (Å²) >= 11 is 0.